The highest BCUT2D eigenvalue weighted by atomic mass is 32.1. The number of ether oxygens (including phenoxy) is 1. The molecule has 1 aliphatic heterocycles. The Kier molecular flexibility index (Phi) is 5.77. The number of nitrogens with one attached hydrogen (secondary N) is 1. The fourth-order valence-electron chi connectivity index (χ4n) is 2.97. The number of rotatable bonds is 5. The molecule has 0 radical (unpaired) electrons. The Balaban J connectivity index is 1.37. The molecule has 150 valence electrons. The van der Waals surface area contributed by atoms with Crippen molar-refractivity contribution in [2.75, 3.05) is 36.5 Å². The maximum Gasteiger partial charge on any atom is 0.259 e. The number of aromatic nitrogens is 2. The lowest BCUT2D eigenvalue weighted by Crippen LogP contribution is -2.36. The molecule has 2 aromatic heterocycles. The van der Waals surface area contributed by atoms with Crippen molar-refractivity contribution in [1.29, 1.82) is 0 Å². The summed E-state index contributed by atoms with van der Waals surface area (Å²) in [5, 5.41) is 3.18. The Morgan fingerprint density at radius 2 is 1.93 bits per heavy atom. The molecule has 1 fully saturated rings. The first-order chi connectivity index (χ1) is 14.1. The zero-order valence-electron chi connectivity index (χ0n) is 15.4. The first-order valence-corrected chi connectivity index (χ1v) is 9.89. The number of morpholine rings is 1. The van der Waals surface area contributed by atoms with E-state index in [2.05, 4.69) is 20.2 Å². The lowest BCUT2D eigenvalue weighted by molar-refractivity contribution is 0.102. The average molecular weight is 416 g/mol. The number of hydrogen-bond acceptors (Lipinski definition) is 6. The maximum atomic E-state index is 13.3. The van der Waals surface area contributed by atoms with Gasteiger partial charge in [0.2, 0.25) is 0 Å². The van der Waals surface area contributed by atoms with E-state index >= 15 is 0 Å². The fraction of sp³-hybridized carbons (Fsp3) is 0.250. The second-order valence-electron chi connectivity index (χ2n) is 6.52. The summed E-state index contributed by atoms with van der Waals surface area (Å²) >= 11 is 1.28. The summed E-state index contributed by atoms with van der Waals surface area (Å²) in [4.78, 5) is 23.9. The number of nitrogens with zero attached hydrogens (tertiary/aromatic N) is 3. The topological polar surface area (TPSA) is 67.4 Å². The van der Waals surface area contributed by atoms with Crippen LogP contribution in [0.2, 0.25) is 0 Å². The molecule has 3 heterocycles. The third-order valence-electron chi connectivity index (χ3n) is 4.48. The first kappa shape index (κ1) is 19.4. The van der Waals surface area contributed by atoms with Gasteiger partial charge in [-0.2, -0.15) is 0 Å². The second kappa shape index (κ2) is 8.62. The maximum absolute atomic E-state index is 13.3. The van der Waals surface area contributed by atoms with Crippen LogP contribution in [0.5, 0.6) is 0 Å². The minimum atomic E-state index is -0.881. The van der Waals surface area contributed by atoms with Gasteiger partial charge in [0.25, 0.3) is 5.91 Å². The molecule has 1 N–H and O–H groups in total. The second-order valence-corrected chi connectivity index (χ2v) is 7.63. The molecule has 9 heteroatoms. The lowest BCUT2D eigenvalue weighted by Gasteiger charge is -2.27. The number of halogens is 2. The zero-order chi connectivity index (χ0) is 20.2. The van der Waals surface area contributed by atoms with Crippen molar-refractivity contribution >= 4 is 28.2 Å². The van der Waals surface area contributed by atoms with Crippen molar-refractivity contribution in [3.8, 4) is 0 Å². The molecule has 6 nitrogen and oxygen atoms in total. The van der Waals surface area contributed by atoms with Gasteiger partial charge in [0, 0.05) is 36.8 Å². The van der Waals surface area contributed by atoms with Crippen LogP contribution in [0.1, 0.15) is 20.8 Å². The van der Waals surface area contributed by atoms with Gasteiger partial charge in [-0.15, -0.1) is 11.3 Å². The number of anilines is 2. The van der Waals surface area contributed by atoms with Crippen LogP contribution in [-0.4, -0.2) is 42.2 Å². The van der Waals surface area contributed by atoms with E-state index in [0.29, 0.717) is 35.9 Å². The monoisotopic (exact) mass is 416 g/mol. The highest BCUT2D eigenvalue weighted by molar-refractivity contribution is 7.15. The summed E-state index contributed by atoms with van der Waals surface area (Å²) in [5.41, 5.74) is 1.06. The molecule has 1 saturated heterocycles. The van der Waals surface area contributed by atoms with Crippen LogP contribution in [0.3, 0.4) is 0 Å². The summed E-state index contributed by atoms with van der Waals surface area (Å²) < 4.78 is 31.7. The molecule has 0 atom stereocenters. The number of thiazole rings is 1. The van der Waals surface area contributed by atoms with E-state index in [0.717, 1.165) is 35.9 Å². The van der Waals surface area contributed by atoms with Gasteiger partial charge in [0.05, 0.1) is 18.8 Å². The van der Waals surface area contributed by atoms with Crippen molar-refractivity contribution in [1.82, 2.24) is 9.97 Å². The quantitative estimate of drug-likeness (QED) is 0.690. The van der Waals surface area contributed by atoms with Crippen LogP contribution in [0.4, 0.5) is 19.7 Å². The highest BCUT2D eigenvalue weighted by Gasteiger charge is 2.14. The molecule has 3 aromatic rings. The Bertz CT molecular complexity index is 1000. The highest BCUT2D eigenvalue weighted by Crippen LogP contribution is 2.23. The van der Waals surface area contributed by atoms with Crippen molar-refractivity contribution in [3.05, 3.63) is 70.4 Å². The van der Waals surface area contributed by atoms with Crippen molar-refractivity contribution in [2.24, 2.45) is 0 Å². The van der Waals surface area contributed by atoms with Crippen molar-refractivity contribution in [3.63, 3.8) is 0 Å². The standard InChI is InChI=1S/C20H18F2N4O2S/c21-16-3-1-13(10-17(16)22)9-15-12-24-20(29-15)25-19(27)14-2-4-18(23-11-14)26-5-7-28-8-6-26/h1-4,10-12H,5-9H2,(H,24,25,27). The SMILES string of the molecule is O=C(Nc1ncc(Cc2ccc(F)c(F)c2)s1)c1ccc(N2CCOCC2)nc1. The first-order valence-electron chi connectivity index (χ1n) is 9.07. The molecule has 0 aliphatic carbocycles. The molecule has 0 spiro atoms. The molecule has 1 aromatic carbocycles. The van der Waals surface area contributed by atoms with Crippen LogP contribution in [0.15, 0.2) is 42.7 Å². The smallest absolute Gasteiger partial charge is 0.259 e. The van der Waals surface area contributed by atoms with E-state index in [9.17, 15) is 13.6 Å². The predicted octanol–water partition coefficient (Wildman–Crippen LogP) is 3.50. The minimum absolute atomic E-state index is 0.306. The molecule has 4 rings (SSSR count). The summed E-state index contributed by atoms with van der Waals surface area (Å²) in [5.74, 6) is -1.25. The molecule has 1 amide bonds. The number of carbonyl (C=O) groups excluding carboxylic acids is 1. The fourth-order valence-corrected chi connectivity index (χ4v) is 3.81. The number of benzene rings is 1. The third kappa shape index (κ3) is 4.75. The van der Waals surface area contributed by atoms with Gasteiger partial charge in [-0.3, -0.25) is 10.1 Å². The normalized spacial score (nSPS) is 14.1. The van der Waals surface area contributed by atoms with E-state index in [1.165, 1.54) is 23.6 Å². The van der Waals surface area contributed by atoms with E-state index in [1.807, 2.05) is 6.07 Å². The summed E-state index contributed by atoms with van der Waals surface area (Å²) in [7, 11) is 0. The van der Waals surface area contributed by atoms with Gasteiger partial charge >= 0.3 is 0 Å². The van der Waals surface area contributed by atoms with Crippen molar-refractivity contribution in [2.45, 2.75) is 6.42 Å². The van der Waals surface area contributed by atoms with E-state index in [-0.39, 0.29) is 5.91 Å². The van der Waals surface area contributed by atoms with E-state index < -0.39 is 11.6 Å². The van der Waals surface area contributed by atoms with Gasteiger partial charge in [-0.05, 0) is 29.8 Å². The Morgan fingerprint density at radius 3 is 2.66 bits per heavy atom. The van der Waals surface area contributed by atoms with E-state index in [4.69, 9.17) is 4.74 Å². The van der Waals surface area contributed by atoms with Gasteiger partial charge in [0.15, 0.2) is 16.8 Å². The molecule has 29 heavy (non-hydrogen) atoms. The average Bonchev–Trinajstić information content (AvgIpc) is 3.18. The predicted molar refractivity (Wildman–Crippen MR) is 107 cm³/mol. The molecule has 1 aliphatic rings. The molecule has 0 unspecified atom stereocenters. The largest absolute Gasteiger partial charge is 0.378 e. The van der Waals surface area contributed by atoms with Gasteiger partial charge in [-0.25, -0.2) is 18.7 Å². The Hall–Kier alpha value is -2.91. The minimum Gasteiger partial charge on any atom is -0.378 e. The van der Waals surface area contributed by atoms with Crippen LogP contribution in [-0.2, 0) is 11.2 Å². The van der Waals surface area contributed by atoms with Crippen LogP contribution in [0, 0.1) is 11.6 Å². The summed E-state index contributed by atoms with van der Waals surface area (Å²) in [6, 6.07) is 7.33. The third-order valence-corrected chi connectivity index (χ3v) is 5.39. The Labute approximate surface area is 170 Å². The molecule has 0 saturated carbocycles. The Morgan fingerprint density at radius 1 is 1.10 bits per heavy atom. The number of pyridine rings is 1. The number of hydrogen-bond donors (Lipinski definition) is 1. The van der Waals surface area contributed by atoms with Crippen LogP contribution < -0.4 is 10.2 Å². The number of amides is 1. The van der Waals surface area contributed by atoms with Gasteiger partial charge in [0.1, 0.15) is 5.82 Å². The molecular weight excluding hydrogens is 398 g/mol. The van der Waals surface area contributed by atoms with Gasteiger partial charge in [-0.1, -0.05) is 6.07 Å². The van der Waals surface area contributed by atoms with Crippen LogP contribution >= 0.6 is 11.3 Å². The lowest BCUT2D eigenvalue weighted by atomic mass is 10.1. The van der Waals surface area contributed by atoms with Crippen LogP contribution in [0.25, 0.3) is 0 Å². The molecular formula is C20H18F2N4O2S. The van der Waals surface area contributed by atoms with E-state index in [1.54, 1.807) is 12.3 Å². The summed E-state index contributed by atoms with van der Waals surface area (Å²) in [6.45, 7) is 2.89. The van der Waals surface area contributed by atoms with Crippen molar-refractivity contribution < 1.29 is 18.3 Å². The number of carbonyl (C=O) groups is 1. The molecule has 0 bridgehead atoms. The van der Waals surface area contributed by atoms with Gasteiger partial charge < -0.3 is 9.64 Å². The zero-order valence-corrected chi connectivity index (χ0v) is 16.2. The summed E-state index contributed by atoms with van der Waals surface area (Å²) in [6.07, 6.45) is 3.55.